The fourth-order valence-corrected chi connectivity index (χ4v) is 2.50. The first-order valence-corrected chi connectivity index (χ1v) is 6.26. The molecule has 0 atom stereocenters. The molecule has 0 spiro atoms. The molecule has 0 unspecified atom stereocenters. The van der Waals surface area contributed by atoms with Gasteiger partial charge in [0.05, 0.1) is 5.69 Å². The summed E-state index contributed by atoms with van der Waals surface area (Å²) in [6.45, 7) is 2.48. The van der Waals surface area contributed by atoms with Crippen molar-refractivity contribution in [3.63, 3.8) is 0 Å². The molecule has 1 aromatic heterocycles. The molecule has 0 aliphatic rings. The summed E-state index contributed by atoms with van der Waals surface area (Å²) in [6.07, 6.45) is 0. The molecule has 0 radical (unpaired) electrons. The van der Waals surface area contributed by atoms with Crippen molar-refractivity contribution in [2.24, 2.45) is 0 Å². The molecule has 2 aromatic rings. The number of carbonyl (C=O) groups is 1. The number of halogens is 1. The lowest BCUT2D eigenvalue weighted by molar-refractivity contribution is 0.0693. The van der Waals surface area contributed by atoms with Gasteiger partial charge < -0.3 is 10.4 Å². The summed E-state index contributed by atoms with van der Waals surface area (Å²) in [5.41, 5.74) is 1.13. The van der Waals surface area contributed by atoms with Gasteiger partial charge in [-0.3, -0.25) is 0 Å². The van der Waals surface area contributed by atoms with E-state index in [1.807, 2.05) is 18.4 Å². The Balaban J connectivity index is 2.22. The van der Waals surface area contributed by atoms with Gasteiger partial charge in [-0.15, -0.1) is 11.3 Å². The van der Waals surface area contributed by atoms with Gasteiger partial charge >= 0.3 is 5.97 Å². The second-order valence-corrected chi connectivity index (χ2v) is 4.85. The standard InChI is InChI=1S/C13H12FNO2S/c1-8-5-6-18-11(8)7-15-10-4-2-3-9(14)12(10)13(16)17/h2-6,15H,7H2,1H3,(H,16,17). The Morgan fingerprint density at radius 3 is 2.83 bits per heavy atom. The molecule has 2 N–H and O–H groups in total. The first-order chi connectivity index (χ1) is 8.59. The topological polar surface area (TPSA) is 49.3 Å². The van der Waals surface area contributed by atoms with Crippen molar-refractivity contribution in [3.8, 4) is 0 Å². The molecule has 0 bridgehead atoms. The maximum absolute atomic E-state index is 13.4. The fourth-order valence-electron chi connectivity index (χ4n) is 1.65. The van der Waals surface area contributed by atoms with Crippen LogP contribution in [0.5, 0.6) is 0 Å². The monoisotopic (exact) mass is 265 g/mol. The van der Waals surface area contributed by atoms with Crippen LogP contribution in [-0.4, -0.2) is 11.1 Å². The van der Waals surface area contributed by atoms with Gasteiger partial charge in [0, 0.05) is 11.4 Å². The average Bonchev–Trinajstić information content (AvgIpc) is 2.71. The maximum atomic E-state index is 13.4. The van der Waals surface area contributed by atoms with Crippen LogP contribution in [0.4, 0.5) is 10.1 Å². The summed E-state index contributed by atoms with van der Waals surface area (Å²) in [6, 6.07) is 6.19. The lowest BCUT2D eigenvalue weighted by Gasteiger charge is -2.09. The highest BCUT2D eigenvalue weighted by Gasteiger charge is 2.15. The van der Waals surface area contributed by atoms with Crippen LogP contribution in [-0.2, 0) is 6.54 Å². The van der Waals surface area contributed by atoms with E-state index in [2.05, 4.69) is 5.32 Å². The van der Waals surface area contributed by atoms with E-state index >= 15 is 0 Å². The molecule has 5 heteroatoms. The van der Waals surface area contributed by atoms with Crippen LogP contribution in [0.15, 0.2) is 29.6 Å². The van der Waals surface area contributed by atoms with Gasteiger partial charge in [0.2, 0.25) is 0 Å². The van der Waals surface area contributed by atoms with E-state index in [1.165, 1.54) is 6.07 Å². The lowest BCUT2D eigenvalue weighted by Crippen LogP contribution is -2.08. The van der Waals surface area contributed by atoms with Gasteiger partial charge in [-0.2, -0.15) is 0 Å². The number of hydrogen-bond acceptors (Lipinski definition) is 3. The Morgan fingerprint density at radius 1 is 1.44 bits per heavy atom. The molecule has 1 aromatic carbocycles. The van der Waals surface area contributed by atoms with Gasteiger partial charge in [-0.05, 0) is 36.1 Å². The summed E-state index contributed by atoms with van der Waals surface area (Å²) < 4.78 is 13.4. The average molecular weight is 265 g/mol. The fraction of sp³-hybridized carbons (Fsp3) is 0.154. The molecule has 0 fully saturated rings. The molecule has 0 aliphatic carbocycles. The van der Waals surface area contributed by atoms with Gasteiger partial charge in [0.1, 0.15) is 11.4 Å². The minimum absolute atomic E-state index is 0.301. The highest BCUT2D eigenvalue weighted by molar-refractivity contribution is 7.10. The number of thiophene rings is 1. The third-order valence-electron chi connectivity index (χ3n) is 2.64. The number of hydrogen-bond donors (Lipinski definition) is 2. The zero-order valence-corrected chi connectivity index (χ0v) is 10.6. The molecule has 18 heavy (non-hydrogen) atoms. The van der Waals surface area contributed by atoms with E-state index in [1.54, 1.807) is 17.4 Å². The van der Waals surface area contributed by atoms with Gasteiger partial charge in [-0.25, -0.2) is 9.18 Å². The number of benzene rings is 1. The molecule has 1 heterocycles. The number of nitrogens with one attached hydrogen (secondary N) is 1. The lowest BCUT2D eigenvalue weighted by atomic mass is 10.1. The minimum Gasteiger partial charge on any atom is -0.478 e. The smallest absolute Gasteiger partial charge is 0.340 e. The van der Waals surface area contributed by atoms with E-state index in [9.17, 15) is 9.18 Å². The van der Waals surface area contributed by atoms with E-state index in [0.717, 1.165) is 16.5 Å². The second kappa shape index (κ2) is 5.18. The number of aryl methyl sites for hydroxylation is 1. The van der Waals surface area contributed by atoms with Crippen molar-refractivity contribution < 1.29 is 14.3 Å². The third kappa shape index (κ3) is 2.51. The predicted molar refractivity (Wildman–Crippen MR) is 69.7 cm³/mol. The molecule has 94 valence electrons. The summed E-state index contributed by atoms with van der Waals surface area (Å²) >= 11 is 1.58. The largest absolute Gasteiger partial charge is 0.478 e. The zero-order chi connectivity index (χ0) is 13.1. The summed E-state index contributed by atoms with van der Waals surface area (Å²) in [4.78, 5) is 12.1. The van der Waals surface area contributed by atoms with Gasteiger partial charge in [0.25, 0.3) is 0 Å². The van der Waals surface area contributed by atoms with Gasteiger partial charge in [-0.1, -0.05) is 6.07 Å². The molecule has 3 nitrogen and oxygen atoms in total. The van der Waals surface area contributed by atoms with Crippen LogP contribution >= 0.6 is 11.3 Å². The molecule has 0 amide bonds. The predicted octanol–water partition coefficient (Wildman–Crippen LogP) is 3.51. The van der Waals surface area contributed by atoms with Crippen LogP contribution in [0.1, 0.15) is 20.8 Å². The van der Waals surface area contributed by atoms with E-state index in [4.69, 9.17) is 5.11 Å². The molecule has 2 rings (SSSR count). The maximum Gasteiger partial charge on any atom is 0.340 e. The SMILES string of the molecule is Cc1ccsc1CNc1cccc(F)c1C(=O)O. The highest BCUT2D eigenvalue weighted by atomic mass is 32.1. The molecule has 0 aliphatic heterocycles. The van der Waals surface area contributed by atoms with Crippen LogP contribution in [0, 0.1) is 12.7 Å². The van der Waals surface area contributed by atoms with Crippen molar-refractivity contribution in [1.29, 1.82) is 0 Å². The van der Waals surface area contributed by atoms with Crippen LogP contribution in [0.2, 0.25) is 0 Å². The molecule has 0 saturated heterocycles. The molecular formula is C13H12FNO2S. The van der Waals surface area contributed by atoms with Crippen LogP contribution < -0.4 is 5.32 Å². The summed E-state index contributed by atoms with van der Waals surface area (Å²) in [5, 5.41) is 13.9. The minimum atomic E-state index is -1.27. The zero-order valence-electron chi connectivity index (χ0n) is 9.74. The summed E-state index contributed by atoms with van der Waals surface area (Å²) in [5.74, 6) is -1.99. The number of carboxylic acid groups (broad SMARTS) is 1. The number of aromatic carboxylic acids is 1. The van der Waals surface area contributed by atoms with Crippen molar-refractivity contribution in [2.75, 3.05) is 5.32 Å². The Kier molecular flexibility index (Phi) is 3.62. The molecular weight excluding hydrogens is 253 g/mol. The normalized spacial score (nSPS) is 10.3. The second-order valence-electron chi connectivity index (χ2n) is 3.85. The Labute approximate surface area is 108 Å². The van der Waals surface area contributed by atoms with E-state index < -0.39 is 11.8 Å². The Hall–Kier alpha value is -1.88. The van der Waals surface area contributed by atoms with Crippen molar-refractivity contribution in [1.82, 2.24) is 0 Å². The number of anilines is 1. The van der Waals surface area contributed by atoms with Crippen molar-refractivity contribution in [3.05, 3.63) is 51.5 Å². The third-order valence-corrected chi connectivity index (χ3v) is 3.66. The van der Waals surface area contributed by atoms with Crippen LogP contribution in [0.3, 0.4) is 0 Å². The van der Waals surface area contributed by atoms with Gasteiger partial charge in [0.15, 0.2) is 0 Å². The first kappa shape index (κ1) is 12.6. The van der Waals surface area contributed by atoms with Crippen molar-refractivity contribution in [2.45, 2.75) is 13.5 Å². The summed E-state index contributed by atoms with van der Waals surface area (Å²) in [7, 11) is 0. The Bertz CT molecular complexity index is 580. The highest BCUT2D eigenvalue weighted by Crippen LogP contribution is 2.22. The van der Waals surface area contributed by atoms with Crippen LogP contribution in [0.25, 0.3) is 0 Å². The number of carboxylic acids is 1. The Morgan fingerprint density at radius 2 is 2.22 bits per heavy atom. The molecule has 0 saturated carbocycles. The first-order valence-electron chi connectivity index (χ1n) is 5.38. The number of rotatable bonds is 4. The van der Waals surface area contributed by atoms with E-state index in [-0.39, 0.29) is 5.56 Å². The van der Waals surface area contributed by atoms with Crippen molar-refractivity contribution >= 4 is 23.0 Å². The van der Waals surface area contributed by atoms with E-state index in [0.29, 0.717) is 12.2 Å². The quantitative estimate of drug-likeness (QED) is 0.889.